The molecule has 1 aromatic rings. The maximum atomic E-state index is 10.5. The van der Waals surface area contributed by atoms with E-state index in [1.165, 1.54) is 4.88 Å². The summed E-state index contributed by atoms with van der Waals surface area (Å²) in [7, 11) is 0. The van der Waals surface area contributed by atoms with Crippen LogP contribution in [0.4, 0.5) is 0 Å². The first-order chi connectivity index (χ1) is 5.99. The molecule has 0 radical (unpaired) electrons. The molecule has 0 aliphatic rings. The second kappa shape index (κ2) is 3.92. The maximum Gasteiger partial charge on any atom is 0.303 e. The van der Waals surface area contributed by atoms with Gasteiger partial charge in [-0.25, -0.2) is 0 Å². The van der Waals surface area contributed by atoms with Crippen LogP contribution in [0, 0.1) is 5.41 Å². The van der Waals surface area contributed by atoms with Crippen molar-refractivity contribution in [2.45, 2.75) is 26.7 Å². The molecule has 0 amide bonds. The molecule has 72 valence electrons. The molecule has 0 fully saturated rings. The smallest absolute Gasteiger partial charge is 0.303 e. The van der Waals surface area contributed by atoms with E-state index in [1.807, 2.05) is 31.4 Å². The summed E-state index contributed by atoms with van der Waals surface area (Å²) in [5.41, 5.74) is -0.142. The van der Waals surface area contributed by atoms with Crippen LogP contribution in [0.1, 0.15) is 25.1 Å². The molecule has 1 rings (SSSR count). The first-order valence-electron chi connectivity index (χ1n) is 4.24. The van der Waals surface area contributed by atoms with E-state index in [9.17, 15) is 4.79 Å². The van der Waals surface area contributed by atoms with Crippen molar-refractivity contribution >= 4 is 17.3 Å². The molecule has 0 saturated heterocycles. The second-order valence-corrected chi connectivity index (χ2v) is 5.02. The topological polar surface area (TPSA) is 37.3 Å². The van der Waals surface area contributed by atoms with Gasteiger partial charge in [0.1, 0.15) is 0 Å². The molecule has 3 heteroatoms. The molecule has 1 N–H and O–H groups in total. The average molecular weight is 198 g/mol. The third-order valence-corrected chi connectivity index (χ3v) is 2.74. The molecule has 0 bridgehead atoms. The molecule has 0 aliphatic heterocycles. The standard InChI is InChI=1S/C10H14O2S/c1-10(2,7-9(11)12)6-8-4-3-5-13-8/h3-5H,6-7H2,1-2H3,(H,11,12). The van der Waals surface area contributed by atoms with Gasteiger partial charge in [0.25, 0.3) is 0 Å². The number of aliphatic carboxylic acids is 1. The Balaban J connectivity index is 2.56. The molecule has 0 atom stereocenters. The van der Waals surface area contributed by atoms with Crippen molar-refractivity contribution in [3.8, 4) is 0 Å². The van der Waals surface area contributed by atoms with Crippen LogP contribution >= 0.6 is 11.3 Å². The van der Waals surface area contributed by atoms with Crippen molar-refractivity contribution in [2.24, 2.45) is 5.41 Å². The SMILES string of the molecule is CC(C)(CC(=O)O)Cc1cccs1. The van der Waals surface area contributed by atoms with Gasteiger partial charge in [-0.1, -0.05) is 19.9 Å². The fourth-order valence-corrected chi connectivity index (χ4v) is 2.32. The number of hydrogen-bond donors (Lipinski definition) is 1. The highest BCUT2D eigenvalue weighted by Gasteiger charge is 2.22. The van der Waals surface area contributed by atoms with Crippen LogP contribution in [0.2, 0.25) is 0 Å². The Labute approximate surface area is 82.2 Å². The summed E-state index contributed by atoms with van der Waals surface area (Å²) in [6.45, 7) is 3.97. The van der Waals surface area contributed by atoms with Crippen LogP contribution < -0.4 is 0 Å². The van der Waals surface area contributed by atoms with Crippen LogP contribution in [0.15, 0.2) is 17.5 Å². The van der Waals surface area contributed by atoms with Crippen LogP contribution in [-0.4, -0.2) is 11.1 Å². The first-order valence-corrected chi connectivity index (χ1v) is 5.12. The van der Waals surface area contributed by atoms with Gasteiger partial charge in [-0.05, 0) is 23.3 Å². The highest BCUT2D eigenvalue weighted by Crippen LogP contribution is 2.27. The lowest BCUT2D eigenvalue weighted by Crippen LogP contribution is -2.19. The van der Waals surface area contributed by atoms with E-state index in [4.69, 9.17) is 5.11 Å². The van der Waals surface area contributed by atoms with Gasteiger partial charge in [-0.15, -0.1) is 11.3 Å². The predicted octanol–water partition coefficient (Wildman–Crippen LogP) is 2.79. The van der Waals surface area contributed by atoms with Gasteiger partial charge in [0.15, 0.2) is 0 Å². The normalized spacial score (nSPS) is 11.5. The zero-order chi connectivity index (χ0) is 9.90. The molecular weight excluding hydrogens is 184 g/mol. The summed E-state index contributed by atoms with van der Waals surface area (Å²) < 4.78 is 0. The Bertz CT molecular complexity index is 275. The average Bonchev–Trinajstić information content (AvgIpc) is 2.34. The van der Waals surface area contributed by atoms with Crippen molar-refractivity contribution in [1.29, 1.82) is 0 Å². The molecule has 0 aliphatic carbocycles. The molecule has 2 nitrogen and oxygen atoms in total. The molecule has 0 spiro atoms. The summed E-state index contributed by atoms with van der Waals surface area (Å²) in [5, 5.41) is 10.7. The van der Waals surface area contributed by atoms with Crippen LogP contribution in [0.3, 0.4) is 0 Å². The lowest BCUT2D eigenvalue weighted by Gasteiger charge is -2.21. The number of thiophene rings is 1. The molecule has 0 aromatic carbocycles. The highest BCUT2D eigenvalue weighted by atomic mass is 32.1. The second-order valence-electron chi connectivity index (χ2n) is 3.99. The van der Waals surface area contributed by atoms with Gasteiger partial charge < -0.3 is 5.11 Å². The van der Waals surface area contributed by atoms with E-state index in [-0.39, 0.29) is 11.8 Å². The summed E-state index contributed by atoms with van der Waals surface area (Å²) in [6, 6.07) is 4.05. The van der Waals surface area contributed by atoms with Crippen molar-refractivity contribution in [3.63, 3.8) is 0 Å². The van der Waals surface area contributed by atoms with Crippen molar-refractivity contribution in [1.82, 2.24) is 0 Å². The van der Waals surface area contributed by atoms with E-state index in [0.717, 1.165) is 6.42 Å². The molecule has 13 heavy (non-hydrogen) atoms. The Kier molecular flexibility index (Phi) is 3.09. The zero-order valence-corrected chi connectivity index (χ0v) is 8.73. The molecular formula is C10H14O2S. The number of carbonyl (C=O) groups is 1. The number of carboxylic acids is 1. The lowest BCUT2D eigenvalue weighted by molar-refractivity contribution is -0.139. The summed E-state index contributed by atoms with van der Waals surface area (Å²) in [6.07, 6.45) is 1.07. The lowest BCUT2D eigenvalue weighted by atomic mass is 9.85. The van der Waals surface area contributed by atoms with E-state index >= 15 is 0 Å². The Morgan fingerprint density at radius 3 is 2.77 bits per heavy atom. The van der Waals surface area contributed by atoms with Gasteiger partial charge in [-0.2, -0.15) is 0 Å². The van der Waals surface area contributed by atoms with Crippen molar-refractivity contribution in [2.75, 3.05) is 0 Å². The zero-order valence-electron chi connectivity index (χ0n) is 7.91. The van der Waals surface area contributed by atoms with Crippen LogP contribution in [0.25, 0.3) is 0 Å². The van der Waals surface area contributed by atoms with E-state index in [0.29, 0.717) is 0 Å². The van der Waals surface area contributed by atoms with Gasteiger partial charge in [0.2, 0.25) is 0 Å². The monoisotopic (exact) mass is 198 g/mol. The molecule has 1 heterocycles. The minimum Gasteiger partial charge on any atom is -0.481 e. The van der Waals surface area contributed by atoms with Gasteiger partial charge in [-0.3, -0.25) is 4.79 Å². The maximum absolute atomic E-state index is 10.5. The predicted molar refractivity (Wildman–Crippen MR) is 54.1 cm³/mol. The Morgan fingerprint density at radius 1 is 1.62 bits per heavy atom. The quantitative estimate of drug-likeness (QED) is 0.807. The number of rotatable bonds is 4. The van der Waals surface area contributed by atoms with Gasteiger partial charge >= 0.3 is 5.97 Å². The number of carboxylic acid groups (broad SMARTS) is 1. The third kappa shape index (κ3) is 3.59. The highest BCUT2D eigenvalue weighted by molar-refractivity contribution is 7.09. The Morgan fingerprint density at radius 2 is 2.31 bits per heavy atom. The van der Waals surface area contributed by atoms with Crippen LogP contribution in [-0.2, 0) is 11.2 Å². The molecule has 0 unspecified atom stereocenters. The van der Waals surface area contributed by atoms with Crippen LogP contribution in [0.5, 0.6) is 0 Å². The van der Waals surface area contributed by atoms with E-state index in [1.54, 1.807) is 11.3 Å². The van der Waals surface area contributed by atoms with Gasteiger partial charge in [0.05, 0.1) is 6.42 Å². The molecule has 0 saturated carbocycles. The Hall–Kier alpha value is -0.830. The summed E-state index contributed by atoms with van der Waals surface area (Å²) in [4.78, 5) is 11.8. The number of hydrogen-bond acceptors (Lipinski definition) is 2. The summed E-state index contributed by atoms with van der Waals surface area (Å²) >= 11 is 1.68. The van der Waals surface area contributed by atoms with E-state index < -0.39 is 5.97 Å². The fraction of sp³-hybridized carbons (Fsp3) is 0.500. The van der Waals surface area contributed by atoms with E-state index in [2.05, 4.69) is 0 Å². The first kappa shape index (κ1) is 10.3. The minimum atomic E-state index is -0.721. The largest absolute Gasteiger partial charge is 0.481 e. The third-order valence-electron chi connectivity index (χ3n) is 1.86. The minimum absolute atomic E-state index is 0.142. The van der Waals surface area contributed by atoms with Crippen molar-refractivity contribution < 1.29 is 9.90 Å². The van der Waals surface area contributed by atoms with Crippen molar-refractivity contribution in [3.05, 3.63) is 22.4 Å². The fourth-order valence-electron chi connectivity index (χ4n) is 1.36. The summed E-state index contributed by atoms with van der Waals surface area (Å²) in [5.74, 6) is -0.721. The van der Waals surface area contributed by atoms with Gasteiger partial charge in [0, 0.05) is 4.88 Å². The molecule has 1 aromatic heterocycles.